The third-order valence-electron chi connectivity index (χ3n) is 2.88. The van der Waals surface area contributed by atoms with E-state index in [-0.39, 0.29) is 11.8 Å². The van der Waals surface area contributed by atoms with Crippen LogP contribution < -0.4 is 9.62 Å². The average Bonchev–Trinajstić information content (AvgIpc) is 2.69. The van der Waals surface area contributed by atoms with E-state index < -0.39 is 10.0 Å². The van der Waals surface area contributed by atoms with E-state index in [4.69, 9.17) is 11.6 Å². The second kappa shape index (κ2) is 5.38. The first-order valence-corrected chi connectivity index (χ1v) is 8.26. The van der Waals surface area contributed by atoms with Crippen molar-refractivity contribution in [3.63, 3.8) is 0 Å². The van der Waals surface area contributed by atoms with Crippen LogP contribution in [0.1, 0.15) is 6.42 Å². The van der Waals surface area contributed by atoms with E-state index in [9.17, 15) is 13.2 Å². The molecule has 19 heavy (non-hydrogen) atoms. The number of hydrogen-bond donors (Lipinski definition) is 1. The number of nitrogens with one attached hydrogen (secondary N) is 1. The fourth-order valence-corrected chi connectivity index (χ4v) is 2.85. The number of nitrogens with zero attached hydrogens (tertiary/aromatic N) is 1. The third-order valence-corrected chi connectivity index (χ3v) is 3.93. The van der Waals surface area contributed by atoms with E-state index in [1.165, 1.54) is 0 Å². The zero-order chi connectivity index (χ0) is 14.0. The van der Waals surface area contributed by atoms with Crippen LogP contribution in [0.5, 0.6) is 0 Å². The van der Waals surface area contributed by atoms with Crippen LogP contribution in [0.25, 0.3) is 0 Å². The molecule has 1 heterocycles. The Balaban J connectivity index is 2.22. The molecule has 5 nitrogen and oxygen atoms in total. The van der Waals surface area contributed by atoms with Crippen LogP contribution in [0.3, 0.4) is 0 Å². The summed E-state index contributed by atoms with van der Waals surface area (Å²) < 4.78 is 24.8. The minimum absolute atomic E-state index is 0.0159. The predicted molar refractivity (Wildman–Crippen MR) is 76.1 cm³/mol. The lowest BCUT2D eigenvalue weighted by Crippen LogP contribution is -2.24. The Labute approximate surface area is 117 Å². The van der Waals surface area contributed by atoms with Gasteiger partial charge in [-0.05, 0) is 24.1 Å². The molecule has 1 atom stereocenters. The third kappa shape index (κ3) is 3.61. The van der Waals surface area contributed by atoms with E-state index in [0.29, 0.717) is 30.2 Å². The van der Waals surface area contributed by atoms with Crippen molar-refractivity contribution in [2.45, 2.75) is 6.42 Å². The highest BCUT2D eigenvalue weighted by Crippen LogP contribution is 2.27. The fraction of sp³-hybridized carbons (Fsp3) is 0.417. The molecule has 1 fully saturated rings. The van der Waals surface area contributed by atoms with Crippen LogP contribution in [0.15, 0.2) is 24.3 Å². The van der Waals surface area contributed by atoms with Gasteiger partial charge in [0.15, 0.2) is 0 Å². The van der Waals surface area contributed by atoms with Gasteiger partial charge < -0.3 is 4.90 Å². The maximum atomic E-state index is 11.9. The standard InChI is InChI=1S/C12H15ClN2O3S/c1-19(17,18)14-10-3-2-4-11(6-10)15-8-9(7-13)5-12(15)16/h2-4,6,9,14H,5,7-8H2,1H3. The number of halogens is 1. The summed E-state index contributed by atoms with van der Waals surface area (Å²) in [4.78, 5) is 13.5. The number of alkyl halides is 1. The summed E-state index contributed by atoms with van der Waals surface area (Å²) in [6, 6.07) is 6.78. The number of rotatable bonds is 4. The Bertz CT molecular complexity index is 588. The van der Waals surface area contributed by atoms with E-state index >= 15 is 0 Å². The molecule has 7 heteroatoms. The minimum Gasteiger partial charge on any atom is -0.312 e. The van der Waals surface area contributed by atoms with Crippen LogP contribution in [-0.2, 0) is 14.8 Å². The molecular formula is C12H15ClN2O3S. The van der Waals surface area contributed by atoms with Gasteiger partial charge in [-0.25, -0.2) is 8.42 Å². The van der Waals surface area contributed by atoms with Crippen molar-refractivity contribution >= 4 is 38.9 Å². The lowest BCUT2D eigenvalue weighted by atomic mass is 10.1. The molecule has 1 aliphatic heterocycles. The molecule has 0 saturated carbocycles. The first kappa shape index (κ1) is 14.1. The van der Waals surface area contributed by atoms with Gasteiger partial charge in [0.25, 0.3) is 0 Å². The highest BCUT2D eigenvalue weighted by atomic mass is 35.5. The Morgan fingerprint density at radius 2 is 2.21 bits per heavy atom. The molecule has 1 aromatic rings. The van der Waals surface area contributed by atoms with Gasteiger partial charge in [-0.15, -0.1) is 11.6 Å². The van der Waals surface area contributed by atoms with Crippen molar-refractivity contribution in [2.75, 3.05) is 28.3 Å². The normalized spacial score (nSPS) is 19.8. The molecule has 2 rings (SSSR count). The summed E-state index contributed by atoms with van der Waals surface area (Å²) >= 11 is 5.77. The number of sulfonamides is 1. The van der Waals surface area contributed by atoms with E-state index in [1.807, 2.05) is 0 Å². The molecular weight excluding hydrogens is 288 g/mol. The molecule has 0 aromatic heterocycles. The van der Waals surface area contributed by atoms with Gasteiger partial charge in [0, 0.05) is 24.5 Å². The highest BCUT2D eigenvalue weighted by Gasteiger charge is 2.29. The summed E-state index contributed by atoms with van der Waals surface area (Å²) in [6.07, 6.45) is 1.53. The molecule has 0 bridgehead atoms. The lowest BCUT2D eigenvalue weighted by molar-refractivity contribution is -0.117. The van der Waals surface area contributed by atoms with Crippen LogP contribution in [0, 0.1) is 5.92 Å². The van der Waals surface area contributed by atoms with Gasteiger partial charge in [0.1, 0.15) is 0 Å². The van der Waals surface area contributed by atoms with Gasteiger partial charge in [-0.3, -0.25) is 9.52 Å². The van der Waals surface area contributed by atoms with Crippen molar-refractivity contribution < 1.29 is 13.2 Å². The monoisotopic (exact) mass is 302 g/mol. The van der Waals surface area contributed by atoms with E-state index in [0.717, 1.165) is 6.26 Å². The molecule has 1 aromatic carbocycles. The quantitative estimate of drug-likeness (QED) is 0.860. The molecule has 0 radical (unpaired) electrons. The zero-order valence-corrected chi connectivity index (χ0v) is 12.0. The highest BCUT2D eigenvalue weighted by molar-refractivity contribution is 7.92. The smallest absolute Gasteiger partial charge is 0.229 e. The zero-order valence-electron chi connectivity index (χ0n) is 10.5. The second-order valence-electron chi connectivity index (χ2n) is 4.65. The summed E-state index contributed by atoms with van der Waals surface area (Å²) in [7, 11) is -3.32. The van der Waals surface area contributed by atoms with Crippen molar-refractivity contribution in [3.8, 4) is 0 Å². The maximum absolute atomic E-state index is 11.9. The van der Waals surface area contributed by atoms with Gasteiger partial charge in [-0.1, -0.05) is 6.07 Å². The van der Waals surface area contributed by atoms with E-state index in [1.54, 1.807) is 29.2 Å². The largest absolute Gasteiger partial charge is 0.312 e. The minimum atomic E-state index is -3.32. The van der Waals surface area contributed by atoms with Gasteiger partial charge in [0.05, 0.1) is 11.9 Å². The average molecular weight is 303 g/mol. The van der Waals surface area contributed by atoms with Crippen LogP contribution in [-0.4, -0.2) is 33.0 Å². The number of carbonyl (C=O) groups excluding carboxylic acids is 1. The predicted octanol–water partition coefficient (Wildman–Crippen LogP) is 1.65. The molecule has 0 spiro atoms. The maximum Gasteiger partial charge on any atom is 0.229 e. The molecule has 1 unspecified atom stereocenters. The van der Waals surface area contributed by atoms with Crippen molar-refractivity contribution in [3.05, 3.63) is 24.3 Å². The summed E-state index contributed by atoms with van der Waals surface area (Å²) in [6.45, 7) is 0.574. The van der Waals surface area contributed by atoms with Gasteiger partial charge in [-0.2, -0.15) is 0 Å². The van der Waals surface area contributed by atoms with Gasteiger partial charge in [0.2, 0.25) is 15.9 Å². The Kier molecular flexibility index (Phi) is 4.01. The summed E-state index contributed by atoms with van der Waals surface area (Å²) in [5.41, 5.74) is 1.13. The van der Waals surface area contributed by atoms with Crippen molar-refractivity contribution in [1.29, 1.82) is 0 Å². The van der Waals surface area contributed by atoms with Gasteiger partial charge >= 0.3 is 0 Å². The Morgan fingerprint density at radius 1 is 1.47 bits per heavy atom. The number of anilines is 2. The summed E-state index contributed by atoms with van der Waals surface area (Å²) in [5.74, 6) is 0.617. The first-order chi connectivity index (χ1) is 8.89. The number of benzene rings is 1. The lowest BCUT2D eigenvalue weighted by Gasteiger charge is -2.17. The van der Waals surface area contributed by atoms with Crippen molar-refractivity contribution in [2.24, 2.45) is 5.92 Å². The summed E-state index contributed by atoms with van der Waals surface area (Å²) in [5, 5.41) is 0. The van der Waals surface area contributed by atoms with Crippen LogP contribution >= 0.6 is 11.6 Å². The molecule has 0 aliphatic carbocycles. The fourth-order valence-electron chi connectivity index (χ4n) is 2.09. The molecule has 1 aliphatic rings. The molecule has 1 saturated heterocycles. The molecule has 1 amide bonds. The Hall–Kier alpha value is -1.27. The number of carbonyl (C=O) groups is 1. The second-order valence-corrected chi connectivity index (χ2v) is 6.71. The van der Waals surface area contributed by atoms with Crippen LogP contribution in [0.4, 0.5) is 11.4 Å². The van der Waals surface area contributed by atoms with Crippen LogP contribution in [0.2, 0.25) is 0 Å². The number of amides is 1. The Morgan fingerprint density at radius 3 is 2.79 bits per heavy atom. The molecule has 104 valence electrons. The van der Waals surface area contributed by atoms with Crippen molar-refractivity contribution in [1.82, 2.24) is 0 Å². The molecule has 1 N–H and O–H groups in total. The topological polar surface area (TPSA) is 66.5 Å². The number of hydrogen-bond acceptors (Lipinski definition) is 3. The van der Waals surface area contributed by atoms with E-state index in [2.05, 4.69) is 4.72 Å². The first-order valence-electron chi connectivity index (χ1n) is 5.83. The SMILES string of the molecule is CS(=O)(=O)Nc1cccc(N2CC(CCl)CC2=O)c1.